The van der Waals surface area contributed by atoms with E-state index in [2.05, 4.69) is 48.3 Å². The Morgan fingerprint density at radius 1 is 1.42 bits per heavy atom. The first-order valence-electron chi connectivity index (χ1n) is 3.94. The highest BCUT2D eigenvalue weighted by Gasteiger charge is 2.01. The van der Waals surface area contributed by atoms with E-state index < -0.39 is 0 Å². The fourth-order valence-corrected chi connectivity index (χ4v) is 1.96. The zero-order valence-corrected chi connectivity index (χ0v) is 8.06. The van der Waals surface area contributed by atoms with Gasteiger partial charge >= 0.3 is 0 Å². The van der Waals surface area contributed by atoms with Crippen LogP contribution in [0.2, 0.25) is 0 Å². The van der Waals surface area contributed by atoms with Crippen molar-refractivity contribution in [2.24, 2.45) is 7.05 Å². The molecule has 62 valence electrons. The molecule has 0 saturated heterocycles. The second-order valence-electron chi connectivity index (χ2n) is 2.96. The van der Waals surface area contributed by atoms with Crippen molar-refractivity contribution >= 4 is 11.3 Å². The normalized spacial score (nSPS) is 10.5. The molecule has 0 unspecified atom stereocenters. The van der Waals surface area contributed by atoms with E-state index in [9.17, 15) is 0 Å². The van der Waals surface area contributed by atoms with E-state index in [-0.39, 0.29) is 0 Å². The van der Waals surface area contributed by atoms with E-state index in [4.69, 9.17) is 0 Å². The number of rotatable bonds is 1. The fraction of sp³-hybridized carbons (Fsp3) is 0.200. The van der Waals surface area contributed by atoms with Crippen LogP contribution in [0, 0.1) is 6.92 Å². The summed E-state index contributed by atoms with van der Waals surface area (Å²) < 4.78 is 2.15. The summed E-state index contributed by atoms with van der Waals surface area (Å²) in [5, 5.41) is 2.11. The van der Waals surface area contributed by atoms with Gasteiger partial charge in [0.25, 0.3) is 0 Å². The van der Waals surface area contributed by atoms with Gasteiger partial charge in [0.05, 0.1) is 0 Å². The van der Waals surface area contributed by atoms with E-state index in [1.54, 1.807) is 11.3 Å². The second kappa shape index (κ2) is 2.79. The number of thiophene rings is 1. The number of aromatic nitrogens is 1. The van der Waals surface area contributed by atoms with Crippen molar-refractivity contribution in [2.45, 2.75) is 6.92 Å². The SMILES string of the molecule is Cc1cc(-c2cccs2)cn1C. The maximum atomic E-state index is 2.21. The zero-order chi connectivity index (χ0) is 8.55. The van der Waals surface area contributed by atoms with Crippen LogP contribution in [-0.2, 0) is 7.05 Å². The highest BCUT2D eigenvalue weighted by Crippen LogP contribution is 2.25. The molecule has 2 heterocycles. The minimum atomic E-state index is 1.30. The standard InChI is InChI=1S/C10H11NS/c1-8-6-9(7-11(8)2)10-4-3-5-12-10/h3-7H,1-2H3. The molecule has 0 saturated carbocycles. The van der Waals surface area contributed by atoms with Gasteiger partial charge in [-0.25, -0.2) is 0 Å². The Bertz CT molecular complexity index is 351. The molecule has 0 amide bonds. The molecule has 0 atom stereocenters. The summed E-state index contributed by atoms with van der Waals surface area (Å²) in [6.07, 6.45) is 2.17. The molecule has 2 rings (SSSR count). The fourth-order valence-electron chi connectivity index (χ4n) is 1.25. The molecule has 0 aromatic carbocycles. The van der Waals surface area contributed by atoms with E-state index in [1.165, 1.54) is 16.1 Å². The summed E-state index contributed by atoms with van der Waals surface area (Å²) in [6, 6.07) is 6.45. The van der Waals surface area contributed by atoms with Crippen molar-refractivity contribution < 1.29 is 0 Å². The predicted octanol–water partition coefficient (Wildman–Crippen LogP) is 3.06. The van der Waals surface area contributed by atoms with Gasteiger partial charge in [-0.05, 0) is 24.4 Å². The molecule has 0 aliphatic carbocycles. The quantitative estimate of drug-likeness (QED) is 0.631. The number of nitrogens with zero attached hydrogens (tertiary/aromatic N) is 1. The summed E-state index contributed by atoms with van der Waals surface area (Å²) in [5.74, 6) is 0. The molecule has 1 nitrogen and oxygen atoms in total. The third-order valence-electron chi connectivity index (χ3n) is 2.06. The van der Waals surface area contributed by atoms with E-state index in [0.29, 0.717) is 0 Å². The van der Waals surface area contributed by atoms with Crippen molar-refractivity contribution in [3.8, 4) is 10.4 Å². The van der Waals surface area contributed by atoms with Crippen LogP contribution in [0.3, 0.4) is 0 Å². The molecule has 0 N–H and O–H groups in total. The van der Waals surface area contributed by atoms with E-state index in [0.717, 1.165) is 0 Å². The van der Waals surface area contributed by atoms with Gasteiger partial charge in [0.2, 0.25) is 0 Å². The van der Waals surface area contributed by atoms with Crippen LogP contribution in [-0.4, -0.2) is 4.57 Å². The van der Waals surface area contributed by atoms with E-state index in [1.807, 2.05) is 0 Å². The topological polar surface area (TPSA) is 4.93 Å². The van der Waals surface area contributed by atoms with Crippen LogP contribution in [0.4, 0.5) is 0 Å². The Kier molecular flexibility index (Phi) is 1.77. The minimum absolute atomic E-state index is 1.30. The number of hydrogen-bond acceptors (Lipinski definition) is 1. The summed E-state index contributed by atoms with van der Waals surface area (Å²) in [6.45, 7) is 2.12. The Hall–Kier alpha value is -1.02. The van der Waals surface area contributed by atoms with Gasteiger partial charge < -0.3 is 4.57 Å². The lowest BCUT2D eigenvalue weighted by molar-refractivity contribution is 0.883. The van der Waals surface area contributed by atoms with Crippen LogP contribution in [0.15, 0.2) is 29.8 Å². The molecule has 2 heteroatoms. The third kappa shape index (κ3) is 1.18. The van der Waals surface area contributed by atoms with Crippen molar-refractivity contribution in [1.29, 1.82) is 0 Å². The Morgan fingerprint density at radius 3 is 2.75 bits per heavy atom. The highest BCUT2D eigenvalue weighted by molar-refractivity contribution is 7.13. The highest BCUT2D eigenvalue weighted by atomic mass is 32.1. The molecule has 0 aliphatic rings. The smallest absolute Gasteiger partial charge is 0.0358 e. The molecule has 12 heavy (non-hydrogen) atoms. The molecule has 0 radical (unpaired) electrons. The van der Waals surface area contributed by atoms with Crippen LogP contribution in [0.5, 0.6) is 0 Å². The number of aryl methyl sites for hydroxylation is 2. The zero-order valence-electron chi connectivity index (χ0n) is 7.24. The monoisotopic (exact) mass is 177 g/mol. The van der Waals surface area contributed by atoms with Crippen molar-refractivity contribution in [1.82, 2.24) is 4.57 Å². The molecule has 2 aromatic rings. The first-order valence-corrected chi connectivity index (χ1v) is 4.82. The summed E-state index contributed by atoms with van der Waals surface area (Å²) in [5.41, 5.74) is 2.63. The van der Waals surface area contributed by atoms with Crippen molar-refractivity contribution in [2.75, 3.05) is 0 Å². The van der Waals surface area contributed by atoms with Gasteiger partial charge in [-0.2, -0.15) is 0 Å². The largest absolute Gasteiger partial charge is 0.354 e. The average molecular weight is 177 g/mol. The lowest BCUT2D eigenvalue weighted by Gasteiger charge is -1.90. The second-order valence-corrected chi connectivity index (χ2v) is 3.91. The Balaban J connectivity index is 2.48. The predicted molar refractivity (Wildman–Crippen MR) is 53.5 cm³/mol. The third-order valence-corrected chi connectivity index (χ3v) is 2.98. The summed E-state index contributed by atoms with van der Waals surface area (Å²) in [7, 11) is 2.08. The van der Waals surface area contributed by atoms with Gasteiger partial charge in [0, 0.05) is 29.4 Å². The van der Waals surface area contributed by atoms with Gasteiger partial charge in [0.15, 0.2) is 0 Å². The molecular weight excluding hydrogens is 166 g/mol. The van der Waals surface area contributed by atoms with Gasteiger partial charge in [0.1, 0.15) is 0 Å². The Labute approximate surface area is 76.3 Å². The van der Waals surface area contributed by atoms with Gasteiger partial charge in [-0.15, -0.1) is 11.3 Å². The summed E-state index contributed by atoms with van der Waals surface area (Å²) in [4.78, 5) is 1.35. The van der Waals surface area contributed by atoms with Gasteiger partial charge in [-0.3, -0.25) is 0 Å². The first kappa shape index (κ1) is 7.62. The summed E-state index contributed by atoms with van der Waals surface area (Å²) >= 11 is 1.78. The van der Waals surface area contributed by atoms with Crippen LogP contribution in [0.1, 0.15) is 5.69 Å². The molecule has 0 spiro atoms. The Morgan fingerprint density at radius 2 is 2.25 bits per heavy atom. The molecular formula is C10H11NS. The minimum Gasteiger partial charge on any atom is -0.354 e. The maximum absolute atomic E-state index is 2.21. The van der Waals surface area contributed by atoms with Gasteiger partial charge in [-0.1, -0.05) is 6.07 Å². The molecule has 2 aromatic heterocycles. The molecule has 0 fully saturated rings. The van der Waals surface area contributed by atoms with Crippen LogP contribution >= 0.6 is 11.3 Å². The lowest BCUT2D eigenvalue weighted by atomic mass is 10.3. The average Bonchev–Trinajstić information content (AvgIpc) is 2.61. The maximum Gasteiger partial charge on any atom is 0.0358 e. The van der Waals surface area contributed by atoms with Crippen LogP contribution < -0.4 is 0 Å². The van der Waals surface area contributed by atoms with Crippen molar-refractivity contribution in [3.05, 3.63) is 35.5 Å². The first-order chi connectivity index (χ1) is 5.77. The number of hydrogen-bond donors (Lipinski definition) is 0. The molecule has 0 aliphatic heterocycles. The van der Waals surface area contributed by atoms with E-state index >= 15 is 0 Å². The van der Waals surface area contributed by atoms with Crippen LogP contribution in [0.25, 0.3) is 10.4 Å². The lowest BCUT2D eigenvalue weighted by Crippen LogP contribution is -1.85. The van der Waals surface area contributed by atoms with Crippen molar-refractivity contribution in [3.63, 3.8) is 0 Å². The molecule has 0 bridgehead atoms.